The molecule has 5 nitrogen and oxygen atoms in total. The van der Waals surface area contributed by atoms with Crippen LogP contribution in [0.5, 0.6) is 0 Å². The summed E-state index contributed by atoms with van der Waals surface area (Å²) >= 11 is 0. The van der Waals surface area contributed by atoms with Crippen molar-refractivity contribution in [3.8, 4) is 0 Å². The Hall–Kier alpha value is -2.80. The molecule has 0 atom stereocenters. The van der Waals surface area contributed by atoms with E-state index in [1.54, 1.807) is 11.1 Å². The van der Waals surface area contributed by atoms with Crippen LogP contribution in [-0.4, -0.2) is 57.8 Å². The van der Waals surface area contributed by atoms with Gasteiger partial charge in [0.2, 0.25) is 0 Å². The van der Waals surface area contributed by atoms with Crippen molar-refractivity contribution in [2.45, 2.75) is 6.42 Å². The minimum Gasteiger partial charge on any atom is -0.335 e. The molecule has 0 bridgehead atoms. The van der Waals surface area contributed by atoms with Crippen LogP contribution in [0.2, 0.25) is 0 Å². The molecule has 140 valence electrons. The molecule has 0 aliphatic carbocycles. The lowest BCUT2D eigenvalue weighted by Crippen LogP contribution is -2.49. The fraction of sp³-hybridized carbons (Fsp3) is 0.300. The Morgan fingerprint density at radius 3 is 2.63 bits per heavy atom. The molecule has 1 aliphatic rings. The van der Waals surface area contributed by atoms with Crippen molar-refractivity contribution in [2.24, 2.45) is 0 Å². The van der Waals surface area contributed by atoms with E-state index in [1.165, 1.54) is 12.1 Å². The van der Waals surface area contributed by atoms with Crippen molar-refractivity contribution in [1.82, 2.24) is 19.2 Å². The molecule has 1 aliphatic heterocycles. The summed E-state index contributed by atoms with van der Waals surface area (Å²) in [6.07, 6.45) is 4.14. The Balaban J connectivity index is 1.32. The summed E-state index contributed by atoms with van der Waals surface area (Å²) in [6, 6.07) is 9.34. The van der Waals surface area contributed by atoms with Gasteiger partial charge in [-0.15, -0.1) is 0 Å². The highest BCUT2D eigenvalue weighted by atomic mass is 19.1. The summed E-state index contributed by atoms with van der Waals surface area (Å²) in [5.74, 6) is -1.13. The van der Waals surface area contributed by atoms with Gasteiger partial charge in [0.05, 0.1) is 0 Å². The van der Waals surface area contributed by atoms with Crippen LogP contribution in [0.1, 0.15) is 16.1 Å². The first-order valence-corrected chi connectivity index (χ1v) is 8.99. The van der Waals surface area contributed by atoms with Crippen LogP contribution in [0.3, 0.4) is 0 Å². The first kappa shape index (κ1) is 17.6. The zero-order chi connectivity index (χ0) is 18.8. The second-order valence-electron chi connectivity index (χ2n) is 6.71. The number of carbonyl (C=O) groups is 1. The van der Waals surface area contributed by atoms with Crippen molar-refractivity contribution in [1.29, 1.82) is 0 Å². The number of pyridine rings is 1. The molecule has 4 rings (SSSR count). The Morgan fingerprint density at radius 1 is 1.07 bits per heavy atom. The number of amides is 1. The molecule has 7 heteroatoms. The summed E-state index contributed by atoms with van der Waals surface area (Å²) in [6.45, 7) is 3.35. The third kappa shape index (κ3) is 3.83. The highest BCUT2D eigenvalue weighted by molar-refractivity contribution is 5.93. The van der Waals surface area contributed by atoms with Crippen LogP contribution in [0.4, 0.5) is 8.78 Å². The van der Waals surface area contributed by atoms with E-state index >= 15 is 0 Å². The minimum absolute atomic E-state index is 0.0667. The van der Waals surface area contributed by atoms with Gasteiger partial charge in [-0.1, -0.05) is 12.1 Å². The van der Waals surface area contributed by atoms with Crippen molar-refractivity contribution in [3.05, 3.63) is 71.7 Å². The van der Waals surface area contributed by atoms with Crippen molar-refractivity contribution in [3.63, 3.8) is 0 Å². The third-order valence-electron chi connectivity index (χ3n) is 4.96. The Kier molecular flexibility index (Phi) is 4.85. The molecule has 1 fully saturated rings. The quantitative estimate of drug-likeness (QED) is 0.709. The van der Waals surface area contributed by atoms with Gasteiger partial charge in [0.1, 0.15) is 23.0 Å². The number of fused-ring (bicyclic) bond motifs is 1. The van der Waals surface area contributed by atoms with Crippen molar-refractivity contribution < 1.29 is 13.6 Å². The maximum absolute atomic E-state index is 13.7. The van der Waals surface area contributed by atoms with Gasteiger partial charge in [0, 0.05) is 51.2 Å². The number of nitrogens with zero attached hydrogens (tertiary/aromatic N) is 4. The van der Waals surface area contributed by atoms with Crippen molar-refractivity contribution in [2.75, 3.05) is 32.7 Å². The normalized spacial score (nSPS) is 15.4. The van der Waals surface area contributed by atoms with Gasteiger partial charge < -0.3 is 9.30 Å². The van der Waals surface area contributed by atoms with Gasteiger partial charge in [-0.3, -0.25) is 9.69 Å². The number of aromatic nitrogens is 2. The standard InChI is InChI=1S/C20H20F2N4O/c21-16-5-4-15(17(22)13-16)6-8-24-9-11-25(12-10-24)20(27)18-14-26-7-2-1-3-19(26)23-18/h1-5,7,13-14H,6,8-12H2. The molecule has 0 saturated carbocycles. The van der Waals surface area contributed by atoms with Gasteiger partial charge in [-0.2, -0.15) is 0 Å². The van der Waals surface area contributed by atoms with E-state index in [0.29, 0.717) is 37.3 Å². The largest absolute Gasteiger partial charge is 0.335 e. The van der Waals surface area contributed by atoms with Gasteiger partial charge in [-0.25, -0.2) is 13.8 Å². The molecular formula is C20H20F2N4O. The summed E-state index contributed by atoms with van der Waals surface area (Å²) in [7, 11) is 0. The van der Waals surface area contributed by atoms with Gasteiger partial charge in [0.15, 0.2) is 0 Å². The first-order valence-electron chi connectivity index (χ1n) is 8.99. The van der Waals surface area contributed by atoms with Crippen LogP contribution in [-0.2, 0) is 6.42 Å². The fourth-order valence-corrected chi connectivity index (χ4v) is 3.38. The summed E-state index contributed by atoms with van der Waals surface area (Å²) in [5.41, 5.74) is 1.71. The predicted octanol–water partition coefficient (Wildman–Crippen LogP) is 2.61. The second kappa shape index (κ2) is 7.44. The number of imidazole rings is 1. The fourth-order valence-electron chi connectivity index (χ4n) is 3.38. The number of piperazine rings is 1. The Bertz CT molecular complexity index is 931. The highest BCUT2D eigenvalue weighted by Gasteiger charge is 2.23. The number of hydrogen-bond acceptors (Lipinski definition) is 3. The summed E-state index contributed by atoms with van der Waals surface area (Å²) in [5, 5.41) is 0. The number of halogens is 2. The molecule has 0 spiro atoms. The second-order valence-corrected chi connectivity index (χ2v) is 6.71. The highest BCUT2D eigenvalue weighted by Crippen LogP contribution is 2.13. The van der Waals surface area contributed by atoms with E-state index in [9.17, 15) is 13.6 Å². The topological polar surface area (TPSA) is 40.9 Å². The smallest absolute Gasteiger partial charge is 0.274 e. The van der Waals surface area contributed by atoms with Crippen molar-refractivity contribution >= 4 is 11.6 Å². The molecule has 3 aromatic rings. The molecule has 1 saturated heterocycles. The molecular weight excluding hydrogens is 350 g/mol. The first-order chi connectivity index (χ1) is 13.1. The molecule has 2 aromatic heterocycles. The SMILES string of the molecule is O=C(c1cn2ccccc2n1)N1CCN(CCc2ccc(F)cc2F)CC1. The predicted molar refractivity (Wildman–Crippen MR) is 97.6 cm³/mol. The lowest BCUT2D eigenvalue weighted by atomic mass is 10.1. The average molecular weight is 370 g/mol. The third-order valence-corrected chi connectivity index (χ3v) is 4.96. The summed E-state index contributed by atoms with van der Waals surface area (Å²) < 4.78 is 28.5. The lowest BCUT2D eigenvalue weighted by Gasteiger charge is -2.34. The monoisotopic (exact) mass is 370 g/mol. The van der Waals surface area contributed by atoms with Gasteiger partial charge in [0.25, 0.3) is 5.91 Å². The van der Waals surface area contributed by atoms with Gasteiger partial charge in [-0.05, 0) is 30.2 Å². The number of rotatable bonds is 4. The van der Waals surface area contributed by atoms with Crippen LogP contribution in [0, 0.1) is 11.6 Å². The van der Waals surface area contributed by atoms with E-state index in [4.69, 9.17) is 0 Å². The molecule has 27 heavy (non-hydrogen) atoms. The molecule has 1 aromatic carbocycles. The summed E-state index contributed by atoms with van der Waals surface area (Å²) in [4.78, 5) is 21.1. The maximum atomic E-state index is 13.7. The van der Waals surface area contributed by atoms with Crippen LogP contribution < -0.4 is 0 Å². The number of benzene rings is 1. The Morgan fingerprint density at radius 2 is 1.89 bits per heavy atom. The average Bonchev–Trinajstić information content (AvgIpc) is 3.11. The molecule has 0 radical (unpaired) electrons. The maximum Gasteiger partial charge on any atom is 0.274 e. The zero-order valence-electron chi connectivity index (χ0n) is 14.8. The van der Waals surface area contributed by atoms with Crippen LogP contribution in [0.15, 0.2) is 48.8 Å². The van der Waals surface area contributed by atoms with E-state index in [-0.39, 0.29) is 5.91 Å². The van der Waals surface area contributed by atoms with E-state index < -0.39 is 11.6 Å². The van der Waals surface area contributed by atoms with E-state index in [2.05, 4.69) is 9.88 Å². The van der Waals surface area contributed by atoms with E-state index in [0.717, 1.165) is 24.8 Å². The minimum atomic E-state index is -0.560. The van der Waals surface area contributed by atoms with Crippen LogP contribution >= 0.6 is 0 Å². The molecule has 0 N–H and O–H groups in total. The zero-order valence-corrected chi connectivity index (χ0v) is 14.8. The van der Waals surface area contributed by atoms with E-state index in [1.807, 2.05) is 28.8 Å². The van der Waals surface area contributed by atoms with Crippen LogP contribution in [0.25, 0.3) is 5.65 Å². The van der Waals surface area contributed by atoms with Gasteiger partial charge >= 0.3 is 0 Å². The molecule has 0 unspecified atom stereocenters. The Labute approximate surface area is 155 Å². The number of carbonyl (C=O) groups excluding carboxylic acids is 1. The number of hydrogen-bond donors (Lipinski definition) is 0. The lowest BCUT2D eigenvalue weighted by molar-refractivity contribution is 0.0633. The molecule has 3 heterocycles. The molecule has 1 amide bonds.